The van der Waals surface area contributed by atoms with E-state index in [9.17, 15) is 0 Å². The highest BCUT2D eigenvalue weighted by Crippen LogP contribution is 2.19. The van der Waals surface area contributed by atoms with Crippen LogP contribution in [0.15, 0.2) is 35.2 Å². The second-order valence-corrected chi connectivity index (χ2v) is 3.34. The lowest BCUT2D eigenvalue weighted by molar-refractivity contribution is 1.00. The lowest BCUT2D eigenvalue weighted by Gasteiger charge is -2.02. The Kier molecular flexibility index (Phi) is 2.20. The van der Waals surface area contributed by atoms with E-state index in [1.54, 1.807) is 0 Å². The second kappa shape index (κ2) is 3.36. The standard InChI is InChI=1S/C10H10N2S/c11-6-8-5-4-7-2-1-3-9(13)10(7)12-8/h1-5,13H,6,11H2. The molecule has 66 valence electrons. The summed E-state index contributed by atoms with van der Waals surface area (Å²) in [6, 6.07) is 9.87. The number of hydrogen-bond donors (Lipinski definition) is 2. The molecule has 2 aromatic rings. The topological polar surface area (TPSA) is 38.9 Å². The zero-order valence-electron chi connectivity index (χ0n) is 7.07. The molecule has 0 saturated heterocycles. The van der Waals surface area contributed by atoms with Crippen molar-refractivity contribution >= 4 is 23.5 Å². The first-order valence-corrected chi connectivity index (χ1v) is 4.53. The molecule has 0 radical (unpaired) electrons. The SMILES string of the molecule is NCc1ccc2cccc(S)c2n1. The van der Waals surface area contributed by atoms with Crippen molar-refractivity contribution in [2.45, 2.75) is 11.4 Å². The number of para-hydroxylation sites is 1. The number of fused-ring (bicyclic) bond motifs is 1. The zero-order valence-corrected chi connectivity index (χ0v) is 7.96. The molecule has 13 heavy (non-hydrogen) atoms. The Labute approximate surface area is 82.2 Å². The Morgan fingerprint density at radius 2 is 2.08 bits per heavy atom. The summed E-state index contributed by atoms with van der Waals surface area (Å²) in [5.74, 6) is 0. The molecule has 3 heteroatoms. The fourth-order valence-electron chi connectivity index (χ4n) is 1.29. The van der Waals surface area contributed by atoms with Crippen LogP contribution in [0.4, 0.5) is 0 Å². The smallest absolute Gasteiger partial charge is 0.0838 e. The van der Waals surface area contributed by atoms with Crippen molar-refractivity contribution in [3.05, 3.63) is 36.0 Å². The van der Waals surface area contributed by atoms with Gasteiger partial charge in [-0.05, 0) is 12.1 Å². The Bertz CT molecular complexity index is 440. The predicted octanol–water partition coefficient (Wildman–Crippen LogP) is 1.98. The highest BCUT2D eigenvalue weighted by molar-refractivity contribution is 7.80. The van der Waals surface area contributed by atoms with Crippen LogP contribution in [0.2, 0.25) is 0 Å². The van der Waals surface area contributed by atoms with Crippen LogP contribution in [0.5, 0.6) is 0 Å². The highest BCUT2D eigenvalue weighted by Gasteiger charge is 1.99. The Hall–Kier alpha value is -1.06. The van der Waals surface area contributed by atoms with Gasteiger partial charge in [-0.25, -0.2) is 0 Å². The average Bonchev–Trinajstić information content (AvgIpc) is 2.18. The second-order valence-electron chi connectivity index (χ2n) is 2.86. The minimum atomic E-state index is 0.470. The van der Waals surface area contributed by atoms with Gasteiger partial charge < -0.3 is 5.73 Å². The van der Waals surface area contributed by atoms with Crippen molar-refractivity contribution in [2.75, 3.05) is 0 Å². The van der Waals surface area contributed by atoms with E-state index in [0.29, 0.717) is 6.54 Å². The molecular weight excluding hydrogens is 180 g/mol. The van der Waals surface area contributed by atoms with E-state index >= 15 is 0 Å². The highest BCUT2D eigenvalue weighted by atomic mass is 32.1. The van der Waals surface area contributed by atoms with E-state index in [0.717, 1.165) is 21.5 Å². The van der Waals surface area contributed by atoms with Gasteiger partial charge in [0.2, 0.25) is 0 Å². The number of nitrogens with zero attached hydrogens (tertiary/aromatic N) is 1. The van der Waals surface area contributed by atoms with Gasteiger partial charge in [0, 0.05) is 16.8 Å². The van der Waals surface area contributed by atoms with Gasteiger partial charge in [0.25, 0.3) is 0 Å². The molecule has 1 heterocycles. The first kappa shape index (κ1) is 8.53. The number of rotatable bonds is 1. The normalized spacial score (nSPS) is 10.6. The van der Waals surface area contributed by atoms with E-state index < -0.39 is 0 Å². The van der Waals surface area contributed by atoms with Crippen LogP contribution in [0.25, 0.3) is 10.9 Å². The molecule has 0 spiro atoms. The monoisotopic (exact) mass is 190 g/mol. The third kappa shape index (κ3) is 1.53. The summed E-state index contributed by atoms with van der Waals surface area (Å²) in [7, 11) is 0. The molecule has 0 unspecified atom stereocenters. The molecule has 0 atom stereocenters. The maximum atomic E-state index is 5.50. The number of nitrogens with two attached hydrogens (primary N) is 1. The van der Waals surface area contributed by atoms with Gasteiger partial charge in [0.05, 0.1) is 11.2 Å². The summed E-state index contributed by atoms with van der Waals surface area (Å²) < 4.78 is 0. The first-order valence-electron chi connectivity index (χ1n) is 4.09. The molecule has 2 N–H and O–H groups in total. The van der Waals surface area contributed by atoms with Gasteiger partial charge in [-0.3, -0.25) is 4.98 Å². The van der Waals surface area contributed by atoms with E-state index in [2.05, 4.69) is 17.6 Å². The summed E-state index contributed by atoms with van der Waals surface area (Å²) in [5.41, 5.74) is 7.33. The molecule has 1 aromatic carbocycles. The van der Waals surface area contributed by atoms with Gasteiger partial charge in [-0.15, -0.1) is 12.6 Å². The molecule has 2 nitrogen and oxygen atoms in total. The molecule has 1 aromatic heterocycles. The predicted molar refractivity (Wildman–Crippen MR) is 56.9 cm³/mol. The summed E-state index contributed by atoms with van der Waals surface area (Å²) in [5, 5.41) is 1.10. The number of hydrogen-bond acceptors (Lipinski definition) is 3. The molecule has 0 fully saturated rings. The molecule has 0 aliphatic rings. The number of aromatic nitrogens is 1. The molecule has 0 aliphatic heterocycles. The van der Waals surface area contributed by atoms with Crippen molar-refractivity contribution in [3.8, 4) is 0 Å². The van der Waals surface area contributed by atoms with E-state index in [4.69, 9.17) is 5.73 Å². The number of pyridine rings is 1. The summed E-state index contributed by atoms with van der Waals surface area (Å²) >= 11 is 4.33. The molecule has 0 saturated carbocycles. The molecule has 0 bridgehead atoms. The van der Waals surface area contributed by atoms with Crippen molar-refractivity contribution in [2.24, 2.45) is 5.73 Å². The minimum Gasteiger partial charge on any atom is -0.325 e. The van der Waals surface area contributed by atoms with E-state index in [1.165, 1.54) is 0 Å². The molecule has 0 aliphatic carbocycles. The summed E-state index contributed by atoms with van der Waals surface area (Å²) in [6.07, 6.45) is 0. The fourth-order valence-corrected chi connectivity index (χ4v) is 1.55. The number of benzene rings is 1. The van der Waals surface area contributed by atoms with E-state index in [1.807, 2.05) is 30.3 Å². The van der Waals surface area contributed by atoms with E-state index in [-0.39, 0.29) is 0 Å². The van der Waals surface area contributed by atoms with Gasteiger partial charge in [0.1, 0.15) is 0 Å². The maximum Gasteiger partial charge on any atom is 0.0838 e. The first-order chi connectivity index (χ1) is 6.31. The maximum absolute atomic E-state index is 5.50. The zero-order chi connectivity index (χ0) is 9.26. The van der Waals surface area contributed by atoms with Crippen LogP contribution in [-0.2, 0) is 6.54 Å². The van der Waals surface area contributed by atoms with Crippen molar-refractivity contribution in [1.82, 2.24) is 4.98 Å². The van der Waals surface area contributed by atoms with Crippen LogP contribution < -0.4 is 5.73 Å². The third-order valence-corrected chi connectivity index (χ3v) is 2.33. The molecule has 0 amide bonds. The Balaban J connectivity index is 2.74. The average molecular weight is 190 g/mol. The largest absolute Gasteiger partial charge is 0.325 e. The molecule has 2 rings (SSSR count). The lowest BCUT2D eigenvalue weighted by Crippen LogP contribution is -1.99. The summed E-state index contributed by atoms with van der Waals surface area (Å²) in [4.78, 5) is 5.29. The van der Waals surface area contributed by atoms with Crippen LogP contribution in [0.1, 0.15) is 5.69 Å². The minimum absolute atomic E-state index is 0.470. The van der Waals surface area contributed by atoms with Gasteiger partial charge in [-0.1, -0.05) is 18.2 Å². The Morgan fingerprint density at radius 1 is 1.23 bits per heavy atom. The van der Waals surface area contributed by atoms with Crippen LogP contribution in [0, 0.1) is 0 Å². The van der Waals surface area contributed by atoms with Crippen molar-refractivity contribution < 1.29 is 0 Å². The van der Waals surface area contributed by atoms with Gasteiger partial charge >= 0.3 is 0 Å². The summed E-state index contributed by atoms with van der Waals surface area (Å²) in [6.45, 7) is 0.470. The lowest BCUT2D eigenvalue weighted by atomic mass is 10.2. The quantitative estimate of drug-likeness (QED) is 0.675. The fraction of sp³-hybridized carbons (Fsp3) is 0.100. The van der Waals surface area contributed by atoms with Crippen molar-refractivity contribution in [1.29, 1.82) is 0 Å². The molecular formula is C10H10N2S. The van der Waals surface area contributed by atoms with Crippen LogP contribution in [0.3, 0.4) is 0 Å². The Morgan fingerprint density at radius 3 is 2.85 bits per heavy atom. The van der Waals surface area contributed by atoms with Gasteiger partial charge in [-0.2, -0.15) is 0 Å². The van der Waals surface area contributed by atoms with Gasteiger partial charge in [0.15, 0.2) is 0 Å². The number of thiol groups is 1. The third-order valence-electron chi connectivity index (χ3n) is 1.97. The van der Waals surface area contributed by atoms with Crippen LogP contribution >= 0.6 is 12.6 Å². The van der Waals surface area contributed by atoms with Crippen molar-refractivity contribution in [3.63, 3.8) is 0 Å². The van der Waals surface area contributed by atoms with Crippen LogP contribution in [-0.4, -0.2) is 4.98 Å².